The first-order chi connectivity index (χ1) is 10.8. The van der Waals surface area contributed by atoms with E-state index in [0.29, 0.717) is 5.58 Å². The molecule has 0 N–H and O–H groups in total. The van der Waals surface area contributed by atoms with Crippen molar-refractivity contribution >= 4 is 21.7 Å². The topological polar surface area (TPSA) is 30.2 Å². The zero-order valence-electron chi connectivity index (χ0n) is 11.8. The fraction of sp³-hybridized carbons (Fsp3) is 0.0500. The highest BCUT2D eigenvalue weighted by Gasteiger charge is 2.22. The van der Waals surface area contributed by atoms with Gasteiger partial charge in [-0.05, 0) is 34.7 Å². The molecule has 1 aromatic heterocycles. The lowest BCUT2D eigenvalue weighted by molar-refractivity contribution is 0.569. The molecule has 0 atom stereocenters. The Morgan fingerprint density at radius 3 is 2.55 bits per heavy atom. The summed E-state index contributed by atoms with van der Waals surface area (Å²) in [4.78, 5) is 12.5. The van der Waals surface area contributed by atoms with E-state index in [1.165, 1.54) is 11.1 Å². The Bertz CT molecular complexity index is 1120. The van der Waals surface area contributed by atoms with Gasteiger partial charge in [-0.15, -0.1) is 0 Å². The molecule has 104 valence electrons. The first-order valence-corrected chi connectivity index (χ1v) is 7.38. The molecule has 5 rings (SSSR count). The van der Waals surface area contributed by atoms with E-state index in [2.05, 4.69) is 24.3 Å². The van der Waals surface area contributed by atoms with Gasteiger partial charge in [-0.2, -0.15) is 0 Å². The molecule has 1 heterocycles. The Morgan fingerprint density at radius 1 is 0.773 bits per heavy atom. The number of benzene rings is 3. The summed E-state index contributed by atoms with van der Waals surface area (Å²) in [6, 6.07) is 20.2. The van der Waals surface area contributed by atoms with Crippen LogP contribution >= 0.6 is 0 Å². The Hall–Kier alpha value is -2.87. The highest BCUT2D eigenvalue weighted by molar-refractivity contribution is 6.08. The molecule has 2 nitrogen and oxygen atoms in total. The van der Waals surface area contributed by atoms with Gasteiger partial charge in [0, 0.05) is 10.8 Å². The van der Waals surface area contributed by atoms with Gasteiger partial charge in [0.05, 0.1) is 5.39 Å². The molecule has 1 aliphatic carbocycles. The Labute approximate surface area is 126 Å². The van der Waals surface area contributed by atoms with Gasteiger partial charge < -0.3 is 4.42 Å². The van der Waals surface area contributed by atoms with Crippen LogP contribution in [0.4, 0.5) is 0 Å². The number of rotatable bonds is 0. The molecule has 0 aliphatic heterocycles. The summed E-state index contributed by atoms with van der Waals surface area (Å²) in [7, 11) is 0. The average Bonchev–Trinajstić information content (AvgIpc) is 2.93. The standard InChI is InChI=1S/C20H12O2/c21-20-19-16(15-7-3-4-8-18(15)22-20)10-9-14-13-6-2-1-5-12(13)11-17(14)19/h1-10H,11H2. The maximum absolute atomic E-state index is 12.5. The third-order valence-corrected chi connectivity index (χ3v) is 4.57. The predicted octanol–water partition coefficient (Wildman–Crippen LogP) is 4.52. The molecule has 0 spiro atoms. The number of fused-ring (bicyclic) bond motifs is 7. The minimum Gasteiger partial charge on any atom is -0.422 e. The molecule has 1 aliphatic rings. The quantitative estimate of drug-likeness (QED) is 0.309. The van der Waals surface area contributed by atoms with E-state index in [9.17, 15) is 4.79 Å². The zero-order chi connectivity index (χ0) is 14.7. The molecule has 22 heavy (non-hydrogen) atoms. The SMILES string of the molecule is O=c1oc2ccccc2c2ccc3c(c12)Cc1ccccc1-3. The van der Waals surface area contributed by atoms with Crippen molar-refractivity contribution in [2.45, 2.75) is 6.42 Å². The van der Waals surface area contributed by atoms with E-state index in [1.807, 2.05) is 36.4 Å². The average molecular weight is 284 g/mol. The summed E-state index contributed by atoms with van der Waals surface area (Å²) in [5.74, 6) is 0. The Balaban J connectivity index is 1.98. The minimum atomic E-state index is -0.238. The Morgan fingerprint density at radius 2 is 1.59 bits per heavy atom. The van der Waals surface area contributed by atoms with Gasteiger partial charge in [-0.3, -0.25) is 0 Å². The fourth-order valence-corrected chi connectivity index (χ4v) is 3.60. The summed E-state index contributed by atoms with van der Waals surface area (Å²) < 4.78 is 5.54. The van der Waals surface area contributed by atoms with E-state index in [4.69, 9.17) is 4.42 Å². The first-order valence-electron chi connectivity index (χ1n) is 7.38. The zero-order valence-corrected chi connectivity index (χ0v) is 11.8. The number of hydrogen-bond donors (Lipinski definition) is 0. The third-order valence-electron chi connectivity index (χ3n) is 4.57. The van der Waals surface area contributed by atoms with Gasteiger partial charge in [-0.25, -0.2) is 4.79 Å². The molecular weight excluding hydrogens is 272 g/mol. The molecule has 4 aromatic rings. The Kier molecular flexibility index (Phi) is 2.18. The molecule has 0 bridgehead atoms. The van der Waals surface area contributed by atoms with Crippen LogP contribution in [0.1, 0.15) is 11.1 Å². The second-order valence-electron chi connectivity index (χ2n) is 5.73. The van der Waals surface area contributed by atoms with Crippen molar-refractivity contribution in [2.75, 3.05) is 0 Å². The van der Waals surface area contributed by atoms with Gasteiger partial charge in [0.25, 0.3) is 0 Å². The van der Waals surface area contributed by atoms with Crippen molar-refractivity contribution in [3.05, 3.63) is 82.2 Å². The van der Waals surface area contributed by atoms with E-state index in [-0.39, 0.29) is 5.63 Å². The minimum absolute atomic E-state index is 0.238. The maximum atomic E-state index is 12.5. The lowest BCUT2D eigenvalue weighted by atomic mass is 9.98. The fourth-order valence-electron chi connectivity index (χ4n) is 3.60. The molecule has 0 amide bonds. The normalized spacial score (nSPS) is 12.5. The summed E-state index contributed by atoms with van der Waals surface area (Å²) >= 11 is 0. The van der Waals surface area contributed by atoms with Crippen LogP contribution in [0.3, 0.4) is 0 Å². The van der Waals surface area contributed by atoms with E-state index in [1.54, 1.807) is 0 Å². The van der Waals surface area contributed by atoms with Crippen LogP contribution < -0.4 is 5.63 Å². The van der Waals surface area contributed by atoms with Crippen LogP contribution in [-0.2, 0) is 6.42 Å². The van der Waals surface area contributed by atoms with Gasteiger partial charge in [-0.1, -0.05) is 54.6 Å². The number of hydrogen-bond acceptors (Lipinski definition) is 2. The molecule has 0 unspecified atom stereocenters. The van der Waals surface area contributed by atoms with Gasteiger partial charge in [0.15, 0.2) is 0 Å². The van der Waals surface area contributed by atoms with Crippen LogP contribution in [-0.4, -0.2) is 0 Å². The lowest BCUT2D eigenvalue weighted by Gasteiger charge is -2.07. The van der Waals surface area contributed by atoms with Gasteiger partial charge in [0.1, 0.15) is 5.58 Å². The van der Waals surface area contributed by atoms with E-state index >= 15 is 0 Å². The second kappa shape index (κ2) is 4.08. The summed E-state index contributed by atoms with van der Waals surface area (Å²) in [6.45, 7) is 0. The second-order valence-corrected chi connectivity index (χ2v) is 5.73. The highest BCUT2D eigenvalue weighted by Crippen LogP contribution is 2.40. The van der Waals surface area contributed by atoms with Crippen molar-refractivity contribution in [3.8, 4) is 11.1 Å². The molecule has 0 radical (unpaired) electrons. The van der Waals surface area contributed by atoms with E-state index < -0.39 is 0 Å². The first kappa shape index (κ1) is 11.8. The summed E-state index contributed by atoms with van der Waals surface area (Å²) in [6.07, 6.45) is 0.798. The molecular formula is C20H12O2. The van der Waals surface area contributed by atoms with Crippen molar-refractivity contribution in [1.29, 1.82) is 0 Å². The molecule has 3 aromatic carbocycles. The van der Waals surface area contributed by atoms with E-state index in [0.717, 1.165) is 33.7 Å². The van der Waals surface area contributed by atoms with Crippen molar-refractivity contribution in [2.24, 2.45) is 0 Å². The largest absolute Gasteiger partial charge is 0.422 e. The smallest absolute Gasteiger partial charge is 0.344 e. The monoisotopic (exact) mass is 284 g/mol. The van der Waals surface area contributed by atoms with Gasteiger partial charge in [0.2, 0.25) is 0 Å². The van der Waals surface area contributed by atoms with Crippen molar-refractivity contribution in [1.82, 2.24) is 0 Å². The van der Waals surface area contributed by atoms with Crippen LogP contribution in [0, 0.1) is 0 Å². The lowest BCUT2D eigenvalue weighted by Crippen LogP contribution is -2.03. The van der Waals surface area contributed by atoms with Crippen LogP contribution in [0.25, 0.3) is 32.9 Å². The van der Waals surface area contributed by atoms with Gasteiger partial charge >= 0.3 is 5.63 Å². The number of para-hydroxylation sites is 1. The van der Waals surface area contributed by atoms with Crippen LogP contribution in [0.15, 0.2) is 69.9 Å². The van der Waals surface area contributed by atoms with Crippen LogP contribution in [0.5, 0.6) is 0 Å². The molecule has 0 fully saturated rings. The highest BCUT2D eigenvalue weighted by atomic mass is 16.4. The summed E-state index contributed by atoms with van der Waals surface area (Å²) in [5, 5.41) is 2.71. The van der Waals surface area contributed by atoms with Crippen molar-refractivity contribution in [3.63, 3.8) is 0 Å². The molecule has 0 saturated heterocycles. The van der Waals surface area contributed by atoms with Crippen LogP contribution in [0.2, 0.25) is 0 Å². The molecule has 0 saturated carbocycles. The maximum Gasteiger partial charge on any atom is 0.344 e. The summed E-state index contributed by atoms with van der Waals surface area (Å²) in [5.41, 5.74) is 5.17. The predicted molar refractivity (Wildman–Crippen MR) is 88.2 cm³/mol. The third kappa shape index (κ3) is 1.41. The van der Waals surface area contributed by atoms with Crippen molar-refractivity contribution < 1.29 is 4.42 Å². The molecule has 2 heteroatoms.